The standard InChI is InChI=1S/C28H29ClN4O3/c1-32(2)15-16-33(25(34)18-36-3)22-12-10-21(11-13-22)30-27(19-7-5-4-6-8-19)26-23-14-9-20(29)17-24(23)31-28(26)35/h4-14,17,30H,15-16,18H2,1-3H3,(H,31,35)/b27-26-. The summed E-state index contributed by atoms with van der Waals surface area (Å²) < 4.78 is 5.07. The van der Waals surface area contributed by atoms with Crippen LogP contribution in [-0.4, -0.2) is 57.6 Å². The van der Waals surface area contributed by atoms with Gasteiger partial charge in [-0.25, -0.2) is 0 Å². The van der Waals surface area contributed by atoms with Crippen molar-refractivity contribution in [2.75, 3.05) is 56.4 Å². The Labute approximate surface area is 216 Å². The predicted octanol–water partition coefficient (Wildman–Crippen LogP) is 4.81. The number of anilines is 3. The number of halogens is 1. The highest BCUT2D eigenvalue weighted by Crippen LogP contribution is 2.38. The molecule has 0 atom stereocenters. The topological polar surface area (TPSA) is 73.9 Å². The van der Waals surface area contributed by atoms with Gasteiger partial charge in [0.25, 0.3) is 11.8 Å². The summed E-state index contributed by atoms with van der Waals surface area (Å²) in [6.45, 7) is 1.27. The van der Waals surface area contributed by atoms with Gasteiger partial charge in [-0.2, -0.15) is 0 Å². The summed E-state index contributed by atoms with van der Waals surface area (Å²) in [6, 6.07) is 22.7. The van der Waals surface area contributed by atoms with Gasteiger partial charge in [-0.15, -0.1) is 0 Å². The summed E-state index contributed by atoms with van der Waals surface area (Å²) >= 11 is 6.15. The largest absolute Gasteiger partial charge is 0.375 e. The van der Waals surface area contributed by atoms with Gasteiger partial charge in [0.1, 0.15) is 6.61 Å². The van der Waals surface area contributed by atoms with E-state index >= 15 is 0 Å². The number of nitrogens with one attached hydrogen (secondary N) is 2. The van der Waals surface area contributed by atoms with E-state index in [2.05, 4.69) is 10.6 Å². The molecule has 0 unspecified atom stereocenters. The van der Waals surface area contributed by atoms with Crippen LogP contribution in [0.5, 0.6) is 0 Å². The van der Waals surface area contributed by atoms with E-state index in [1.54, 1.807) is 17.0 Å². The second kappa shape index (κ2) is 11.4. The molecule has 0 saturated carbocycles. The highest BCUT2D eigenvalue weighted by atomic mass is 35.5. The molecule has 2 amide bonds. The zero-order chi connectivity index (χ0) is 25.7. The van der Waals surface area contributed by atoms with Gasteiger partial charge in [-0.3, -0.25) is 9.59 Å². The van der Waals surface area contributed by atoms with E-state index in [1.807, 2.05) is 79.7 Å². The van der Waals surface area contributed by atoms with E-state index in [9.17, 15) is 9.59 Å². The molecule has 3 aromatic rings. The molecule has 186 valence electrons. The van der Waals surface area contributed by atoms with Crippen molar-refractivity contribution in [3.05, 3.63) is 88.9 Å². The number of amides is 2. The van der Waals surface area contributed by atoms with E-state index in [4.69, 9.17) is 16.3 Å². The lowest BCUT2D eigenvalue weighted by molar-refractivity contribution is -0.122. The zero-order valence-corrected chi connectivity index (χ0v) is 21.3. The lowest BCUT2D eigenvalue weighted by atomic mass is 10.00. The summed E-state index contributed by atoms with van der Waals surface area (Å²) in [4.78, 5) is 29.4. The minimum atomic E-state index is -0.199. The molecule has 0 radical (unpaired) electrons. The third-order valence-corrected chi connectivity index (χ3v) is 6.06. The monoisotopic (exact) mass is 504 g/mol. The van der Waals surface area contributed by atoms with Gasteiger partial charge in [0.15, 0.2) is 0 Å². The van der Waals surface area contributed by atoms with Gasteiger partial charge >= 0.3 is 0 Å². The van der Waals surface area contributed by atoms with Crippen molar-refractivity contribution in [3.8, 4) is 0 Å². The highest BCUT2D eigenvalue weighted by Gasteiger charge is 2.28. The van der Waals surface area contributed by atoms with Crippen LogP contribution in [0.3, 0.4) is 0 Å². The zero-order valence-electron chi connectivity index (χ0n) is 20.5. The number of ether oxygens (including phenoxy) is 1. The average Bonchev–Trinajstić information content (AvgIpc) is 3.18. The molecule has 1 heterocycles. The van der Waals surface area contributed by atoms with Gasteiger partial charge < -0.3 is 25.2 Å². The SMILES string of the molecule is COCC(=O)N(CCN(C)C)c1ccc(N/C(=C2\C(=O)Nc3cc(Cl)ccc32)c2ccccc2)cc1. The van der Waals surface area contributed by atoms with Crippen LogP contribution in [0, 0.1) is 0 Å². The molecule has 1 aliphatic heterocycles. The van der Waals surface area contributed by atoms with Gasteiger partial charge in [0.05, 0.1) is 17.0 Å². The van der Waals surface area contributed by atoms with Crippen LogP contribution in [0.1, 0.15) is 11.1 Å². The molecular formula is C28H29ClN4O3. The Morgan fingerprint density at radius 2 is 1.72 bits per heavy atom. The summed E-state index contributed by atoms with van der Waals surface area (Å²) in [6.07, 6.45) is 0. The van der Waals surface area contributed by atoms with Crippen molar-refractivity contribution in [2.45, 2.75) is 0 Å². The lowest BCUT2D eigenvalue weighted by Gasteiger charge is -2.25. The summed E-state index contributed by atoms with van der Waals surface area (Å²) in [5, 5.41) is 6.92. The maximum atomic E-state index is 13.0. The van der Waals surface area contributed by atoms with Crippen molar-refractivity contribution in [3.63, 3.8) is 0 Å². The van der Waals surface area contributed by atoms with E-state index < -0.39 is 0 Å². The molecule has 1 aliphatic rings. The van der Waals surface area contributed by atoms with E-state index in [1.165, 1.54) is 7.11 Å². The maximum absolute atomic E-state index is 13.0. The third kappa shape index (κ3) is 5.76. The number of fused-ring (bicyclic) bond motifs is 1. The molecule has 0 bridgehead atoms. The number of rotatable bonds is 9. The Morgan fingerprint density at radius 3 is 2.39 bits per heavy atom. The van der Waals surface area contributed by atoms with Crippen LogP contribution in [-0.2, 0) is 14.3 Å². The van der Waals surface area contributed by atoms with E-state index in [0.29, 0.717) is 28.5 Å². The molecule has 0 aliphatic carbocycles. The Balaban J connectivity index is 1.69. The van der Waals surface area contributed by atoms with Gasteiger partial charge in [-0.05, 0) is 56.1 Å². The van der Waals surface area contributed by atoms with Crippen molar-refractivity contribution in [1.29, 1.82) is 0 Å². The molecule has 7 nitrogen and oxygen atoms in total. The predicted molar refractivity (Wildman–Crippen MR) is 146 cm³/mol. The smallest absolute Gasteiger partial charge is 0.258 e. The summed E-state index contributed by atoms with van der Waals surface area (Å²) in [5.41, 5.74) is 5.12. The molecule has 4 rings (SSSR count). The molecule has 3 aromatic carbocycles. The van der Waals surface area contributed by atoms with Gasteiger partial charge in [-0.1, -0.05) is 48.0 Å². The van der Waals surface area contributed by atoms with Crippen LogP contribution in [0.25, 0.3) is 11.3 Å². The Kier molecular flexibility index (Phi) is 8.05. The van der Waals surface area contributed by atoms with Crippen molar-refractivity contribution in [2.24, 2.45) is 0 Å². The minimum absolute atomic E-state index is 0.0101. The number of carbonyl (C=O) groups is 2. The number of methoxy groups -OCH3 is 1. The first-order chi connectivity index (χ1) is 17.4. The first-order valence-electron chi connectivity index (χ1n) is 11.6. The molecule has 0 aromatic heterocycles. The normalized spacial score (nSPS) is 13.9. The van der Waals surface area contributed by atoms with Crippen molar-refractivity contribution >= 4 is 51.7 Å². The number of carbonyl (C=O) groups excluding carboxylic acids is 2. The quantitative estimate of drug-likeness (QED) is 0.409. The van der Waals surface area contributed by atoms with Crippen LogP contribution in [0.15, 0.2) is 72.8 Å². The number of nitrogens with zero attached hydrogens (tertiary/aromatic N) is 2. The fourth-order valence-electron chi connectivity index (χ4n) is 4.05. The Morgan fingerprint density at radius 1 is 1.00 bits per heavy atom. The third-order valence-electron chi connectivity index (χ3n) is 5.83. The highest BCUT2D eigenvalue weighted by molar-refractivity contribution is 6.38. The molecule has 0 fully saturated rings. The Hall–Kier alpha value is -3.65. The molecular weight excluding hydrogens is 476 g/mol. The number of hydrogen-bond acceptors (Lipinski definition) is 5. The number of benzene rings is 3. The first kappa shape index (κ1) is 25.4. The van der Waals surface area contributed by atoms with Crippen LogP contribution < -0.4 is 15.5 Å². The number of hydrogen-bond donors (Lipinski definition) is 2. The lowest BCUT2D eigenvalue weighted by Crippen LogP contribution is -2.38. The van der Waals surface area contributed by atoms with Crippen LogP contribution in [0.4, 0.5) is 17.1 Å². The molecule has 36 heavy (non-hydrogen) atoms. The minimum Gasteiger partial charge on any atom is -0.375 e. The molecule has 0 spiro atoms. The fourth-order valence-corrected chi connectivity index (χ4v) is 4.22. The fraction of sp³-hybridized carbons (Fsp3) is 0.214. The molecule has 0 saturated heterocycles. The first-order valence-corrected chi connectivity index (χ1v) is 12.0. The second-order valence-corrected chi connectivity index (χ2v) is 9.15. The summed E-state index contributed by atoms with van der Waals surface area (Å²) in [7, 11) is 5.45. The summed E-state index contributed by atoms with van der Waals surface area (Å²) in [5.74, 6) is -0.305. The number of likely N-dealkylation sites (N-methyl/N-ethyl adjacent to an activating group) is 1. The van der Waals surface area contributed by atoms with Gasteiger partial charge in [0, 0.05) is 42.2 Å². The van der Waals surface area contributed by atoms with Crippen LogP contribution in [0.2, 0.25) is 5.02 Å². The van der Waals surface area contributed by atoms with Gasteiger partial charge in [0.2, 0.25) is 0 Å². The van der Waals surface area contributed by atoms with Crippen LogP contribution >= 0.6 is 11.6 Å². The maximum Gasteiger partial charge on any atom is 0.258 e. The Bertz CT molecular complexity index is 1270. The molecule has 8 heteroatoms. The second-order valence-electron chi connectivity index (χ2n) is 8.71. The molecule has 2 N–H and O–H groups in total. The van der Waals surface area contributed by atoms with E-state index in [0.717, 1.165) is 29.0 Å². The average molecular weight is 505 g/mol. The van der Waals surface area contributed by atoms with E-state index in [-0.39, 0.29) is 18.4 Å². The van der Waals surface area contributed by atoms with Crippen molar-refractivity contribution < 1.29 is 14.3 Å². The van der Waals surface area contributed by atoms with Crippen molar-refractivity contribution in [1.82, 2.24) is 4.90 Å².